The van der Waals surface area contributed by atoms with Crippen LogP contribution in [0.3, 0.4) is 0 Å². The van der Waals surface area contributed by atoms with E-state index in [1.807, 2.05) is 30.5 Å². The van der Waals surface area contributed by atoms with Crippen LogP contribution in [-0.4, -0.2) is 26.6 Å². The highest BCUT2D eigenvalue weighted by atomic mass is 35.5. The van der Waals surface area contributed by atoms with Crippen molar-refractivity contribution in [1.29, 1.82) is 0 Å². The van der Waals surface area contributed by atoms with E-state index in [0.717, 1.165) is 23.0 Å². The van der Waals surface area contributed by atoms with Crippen LogP contribution in [0.2, 0.25) is 5.28 Å². The van der Waals surface area contributed by atoms with Gasteiger partial charge in [0.05, 0.1) is 11.8 Å². The standard InChI is InChI=1S/C18H18ClN3O2.CH4/c1-4-22-10-14(12-7-5-6-8-15(12)22)16-13(9-20-18(19)21-16)17(23)24-11(2)3;/h5-11H,4H2,1-3H3;1H4. The first kappa shape index (κ1) is 18.9. The predicted octanol–water partition coefficient (Wildman–Crippen LogP) is 4.97. The number of rotatable bonds is 4. The highest BCUT2D eigenvalue weighted by Crippen LogP contribution is 2.32. The topological polar surface area (TPSA) is 57.0 Å². The van der Waals surface area contributed by atoms with Crippen LogP contribution in [-0.2, 0) is 11.3 Å². The fraction of sp³-hybridized carbons (Fsp3) is 0.316. The van der Waals surface area contributed by atoms with Crippen molar-refractivity contribution in [1.82, 2.24) is 14.5 Å². The molecule has 2 heterocycles. The van der Waals surface area contributed by atoms with E-state index in [-0.39, 0.29) is 18.8 Å². The van der Waals surface area contributed by atoms with Gasteiger partial charge in [0.15, 0.2) is 0 Å². The molecule has 0 unspecified atom stereocenters. The van der Waals surface area contributed by atoms with E-state index in [2.05, 4.69) is 21.5 Å². The molecule has 0 fully saturated rings. The fourth-order valence-electron chi connectivity index (χ4n) is 2.69. The quantitative estimate of drug-likeness (QED) is 0.487. The first-order valence-corrected chi connectivity index (χ1v) is 8.20. The number of nitrogens with zero attached hydrogens (tertiary/aromatic N) is 3. The average molecular weight is 360 g/mol. The van der Waals surface area contributed by atoms with Gasteiger partial charge < -0.3 is 9.30 Å². The lowest BCUT2D eigenvalue weighted by Gasteiger charge is -2.10. The van der Waals surface area contributed by atoms with Gasteiger partial charge in [-0.1, -0.05) is 25.6 Å². The number of ether oxygens (including phenoxy) is 1. The van der Waals surface area contributed by atoms with Crippen LogP contribution in [0.1, 0.15) is 38.6 Å². The van der Waals surface area contributed by atoms with Crippen LogP contribution in [0, 0.1) is 0 Å². The number of hydrogen-bond acceptors (Lipinski definition) is 4. The summed E-state index contributed by atoms with van der Waals surface area (Å²) in [6, 6.07) is 7.99. The second kappa shape index (κ2) is 7.66. The smallest absolute Gasteiger partial charge is 0.342 e. The minimum Gasteiger partial charge on any atom is -0.459 e. The number of halogens is 1. The Balaban J connectivity index is 0.00000225. The molecule has 132 valence electrons. The van der Waals surface area contributed by atoms with E-state index in [0.29, 0.717) is 11.3 Å². The van der Waals surface area contributed by atoms with Gasteiger partial charge in [0.2, 0.25) is 5.28 Å². The van der Waals surface area contributed by atoms with Crippen molar-refractivity contribution < 1.29 is 9.53 Å². The normalized spacial score (nSPS) is 10.8. The van der Waals surface area contributed by atoms with E-state index < -0.39 is 5.97 Å². The number of fused-ring (bicyclic) bond motifs is 1. The average Bonchev–Trinajstić information content (AvgIpc) is 2.92. The van der Waals surface area contributed by atoms with Crippen LogP contribution >= 0.6 is 11.6 Å². The predicted molar refractivity (Wildman–Crippen MR) is 101 cm³/mol. The van der Waals surface area contributed by atoms with Gasteiger partial charge in [0.1, 0.15) is 5.56 Å². The zero-order valence-corrected chi connectivity index (χ0v) is 14.5. The Hall–Kier alpha value is -2.40. The molecule has 2 aromatic heterocycles. The molecular weight excluding hydrogens is 338 g/mol. The summed E-state index contributed by atoms with van der Waals surface area (Å²) >= 11 is 5.99. The van der Waals surface area contributed by atoms with Gasteiger partial charge in [-0.15, -0.1) is 0 Å². The number of carbonyl (C=O) groups is 1. The first-order valence-electron chi connectivity index (χ1n) is 7.83. The van der Waals surface area contributed by atoms with Crippen LogP contribution < -0.4 is 0 Å². The molecule has 0 amide bonds. The van der Waals surface area contributed by atoms with Crippen molar-refractivity contribution in [3.63, 3.8) is 0 Å². The second-order valence-corrected chi connectivity index (χ2v) is 6.04. The molecule has 0 bridgehead atoms. The first-order chi connectivity index (χ1) is 11.5. The Morgan fingerprint density at radius 1 is 1.32 bits per heavy atom. The third-order valence-corrected chi connectivity index (χ3v) is 3.89. The van der Waals surface area contributed by atoms with Crippen molar-refractivity contribution in [2.45, 2.75) is 40.8 Å². The molecule has 1 aromatic carbocycles. The molecule has 3 rings (SSSR count). The Bertz CT molecular complexity index is 903. The summed E-state index contributed by atoms with van der Waals surface area (Å²) in [6.07, 6.45) is 3.18. The molecule has 0 N–H and O–H groups in total. The summed E-state index contributed by atoms with van der Waals surface area (Å²) in [7, 11) is 0. The number of para-hydroxylation sites is 1. The molecule has 3 aromatic rings. The maximum Gasteiger partial charge on any atom is 0.342 e. The van der Waals surface area contributed by atoms with Gasteiger partial charge in [0, 0.05) is 35.4 Å². The SMILES string of the molecule is C.CCn1cc(-c2nc(Cl)ncc2C(=O)OC(C)C)c2ccccc21. The van der Waals surface area contributed by atoms with Crippen LogP contribution in [0.4, 0.5) is 0 Å². The minimum atomic E-state index is -0.454. The molecule has 5 nitrogen and oxygen atoms in total. The summed E-state index contributed by atoms with van der Waals surface area (Å²) in [5.41, 5.74) is 2.72. The molecular formula is C19H22ClN3O2. The van der Waals surface area contributed by atoms with E-state index in [9.17, 15) is 4.79 Å². The summed E-state index contributed by atoms with van der Waals surface area (Å²) in [5, 5.41) is 1.10. The molecule has 6 heteroatoms. The van der Waals surface area contributed by atoms with E-state index in [4.69, 9.17) is 16.3 Å². The van der Waals surface area contributed by atoms with Gasteiger partial charge in [-0.2, -0.15) is 0 Å². The largest absolute Gasteiger partial charge is 0.459 e. The number of carbonyl (C=O) groups excluding carboxylic acids is 1. The van der Waals surface area contributed by atoms with E-state index in [1.54, 1.807) is 13.8 Å². The van der Waals surface area contributed by atoms with Crippen molar-refractivity contribution in [2.24, 2.45) is 0 Å². The summed E-state index contributed by atoms with van der Waals surface area (Å²) < 4.78 is 7.42. The van der Waals surface area contributed by atoms with Crippen LogP contribution in [0.15, 0.2) is 36.7 Å². The van der Waals surface area contributed by atoms with Crippen LogP contribution in [0.5, 0.6) is 0 Å². The second-order valence-electron chi connectivity index (χ2n) is 5.70. The fourth-order valence-corrected chi connectivity index (χ4v) is 2.82. The monoisotopic (exact) mass is 359 g/mol. The lowest BCUT2D eigenvalue weighted by atomic mass is 10.1. The zero-order chi connectivity index (χ0) is 17.3. The zero-order valence-electron chi connectivity index (χ0n) is 13.8. The molecule has 25 heavy (non-hydrogen) atoms. The van der Waals surface area contributed by atoms with Gasteiger partial charge in [-0.3, -0.25) is 0 Å². The Morgan fingerprint density at radius 3 is 2.72 bits per heavy atom. The molecule has 0 aliphatic heterocycles. The molecule has 0 aliphatic rings. The highest BCUT2D eigenvalue weighted by molar-refractivity contribution is 6.28. The molecule has 0 spiro atoms. The van der Waals surface area contributed by atoms with Crippen molar-refractivity contribution in [3.8, 4) is 11.3 Å². The highest BCUT2D eigenvalue weighted by Gasteiger charge is 2.21. The number of aryl methyl sites for hydroxylation is 1. The maximum absolute atomic E-state index is 12.4. The number of benzene rings is 1. The Morgan fingerprint density at radius 2 is 2.04 bits per heavy atom. The van der Waals surface area contributed by atoms with Gasteiger partial charge in [0.25, 0.3) is 0 Å². The van der Waals surface area contributed by atoms with E-state index in [1.165, 1.54) is 6.20 Å². The number of esters is 1. The third-order valence-electron chi connectivity index (χ3n) is 3.71. The van der Waals surface area contributed by atoms with Crippen LogP contribution in [0.25, 0.3) is 22.2 Å². The molecule has 0 saturated carbocycles. The van der Waals surface area contributed by atoms with Crippen molar-refractivity contribution in [2.75, 3.05) is 0 Å². The van der Waals surface area contributed by atoms with Gasteiger partial charge in [-0.25, -0.2) is 14.8 Å². The molecule has 0 radical (unpaired) electrons. The summed E-state index contributed by atoms with van der Waals surface area (Å²) in [4.78, 5) is 20.7. The lowest BCUT2D eigenvalue weighted by Crippen LogP contribution is -2.13. The minimum absolute atomic E-state index is 0. The molecule has 0 saturated heterocycles. The maximum atomic E-state index is 12.4. The lowest BCUT2D eigenvalue weighted by molar-refractivity contribution is 0.0378. The molecule has 0 atom stereocenters. The van der Waals surface area contributed by atoms with Gasteiger partial charge >= 0.3 is 5.97 Å². The Kier molecular flexibility index (Phi) is 5.80. The molecule has 0 aliphatic carbocycles. The summed E-state index contributed by atoms with van der Waals surface area (Å²) in [6.45, 7) is 6.48. The third kappa shape index (κ3) is 3.66. The van der Waals surface area contributed by atoms with Crippen molar-refractivity contribution in [3.05, 3.63) is 47.5 Å². The van der Waals surface area contributed by atoms with Crippen molar-refractivity contribution >= 4 is 28.5 Å². The number of aromatic nitrogens is 3. The summed E-state index contributed by atoms with van der Waals surface area (Å²) in [5.74, 6) is -0.454. The van der Waals surface area contributed by atoms with Gasteiger partial charge in [-0.05, 0) is 38.4 Å². The Labute approximate surface area is 152 Å². The number of hydrogen-bond donors (Lipinski definition) is 0. The van der Waals surface area contributed by atoms with E-state index >= 15 is 0 Å².